The van der Waals surface area contributed by atoms with E-state index in [9.17, 15) is 4.79 Å². The molecule has 0 aliphatic heterocycles. The van der Waals surface area contributed by atoms with Crippen molar-refractivity contribution in [3.63, 3.8) is 0 Å². The monoisotopic (exact) mass is 517 g/mol. The summed E-state index contributed by atoms with van der Waals surface area (Å²) in [6, 6.07) is 13.2. The van der Waals surface area contributed by atoms with E-state index in [1.54, 1.807) is 18.5 Å². The van der Waals surface area contributed by atoms with Crippen LogP contribution in [0.4, 0.5) is 0 Å². The molecule has 0 radical (unpaired) electrons. The van der Waals surface area contributed by atoms with E-state index in [2.05, 4.69) is 43.3 Å². The van der Waals surface area contributed by atoms with Gasteiger partial charge in [-0.1, -0.05) is 23.2 Å². The van der Waals surface area contributed by atoms with Crippen molar-refractivity contribution in [1.82, 2.24) is 24.5 Å². The van der Waals surface area contributed by atoms with Crippen molar-refractivity contribution >= 4 is 45.7 Å². The molecule has 0 bridgehead atoms. The summed E-state index contributed by atoms with van der Waals surface area (Å²) in [6.07, 6.45) is 6.15. The molecular formula is C28H25Cl2N5O. The predicted molar refractivity (Wildman–Crippen MR) is 144 cm³/mol. The van der Waals surface area contributed by atoms with Crippen molar-refractivity contribution in [3.8, 4) is 5.69 Å². The van der Waals surface area contributed by atoms with Gasteiger partial charge >= 0.3 is 0 Å². The molecular weight excluding hydrogens is 493 g/mol. The number of pyridine rings is 1. The van der Waals surface area contributed by atoms with E-state index in [4.69, 9.17) is 28.3 Å². The molecule has 5 aromatic rings. The average molecular weight is 518 g/mol. The number of carbonyl (C=O) groups is 1. The molecule has 1 aliphatic carbocycles. The molecule has 2 aromatic carbocycles. The van der Waals surface area contributed by atoms with Gasteiger partial charge in [0.1, 0.15) is 6.33 Å². The minimum atomic E-state index is -0.397. The van der Waals surface area contributed by atoms with Crippen LogP contribution in [-0.2, 0) is 12.8 Å². The minimum absolute atomic E-state index is 0.181. The highest BCUT2D eigenvalue weighted by atomic mass is 35.5. The fourth-order valence-corrected chi connectivity index (χ4v) is 5.55. The molecule has 1 unspecified atom stereocenters. The Morgan fingerprint density at radius 2 is 1.89 bits per heavy atom. The highest BCUT2D eigenvalue weighted by molar-refractivity contribution is 6.34. The summed E-state index contributed by atoms with van der Waals surface area (Å²) in [5, 5.41) is 9.08. The van der Waals surface area contributed by atoms with E-state index in [1.165, 1.54) is 16.7 Å². The lowest BCUT2D eigenvalue weighted by molar-refractivity contribution is 0.0898. The van der Waals surface area contributed by atoms with Crippen LogP contribution in [0.1, 0.15) is 46.1 Å². The molecule has 182 valence electrons. The van der Waals surface area contributed by atoms with E-state index < -0.39 is 5.54 Å². The van der Waals surface area contributed by atoms with Crippen LogP contribution in [0.5, 0.6) is 0 Å². The number of benzene rings is 2. The van der Waals surface area contributed by atoms with Gasteiger partial charge in [-0.3, -0.25) is 9.36 Å². The first-order valence-corrected chi connectivity index (χ1v) is 12.7. The summed E-state index contributed by atoms with van der Waals surface area (Å²) in [5.41, 5.74) is 8.45. The second-order valence-electron chi connectivity index (χ2n) is 10.00. The van der Waals surface area contributed by atoms with Crippen LogP contribution in [0.25, 0.3) is 22.2 Å². The zero-order valence-electron chi connectivity index (χ0n) is 20.3. The summed E-state index contributed by atoms with van der Waals surface area (Å²) >= 11 is 12.8. The highest BCUT2D eigenvalue weighted by Crippen LogP contribution is 2.33. The Morgan fingerprint density at radius 1 is 1.06 bits per heavy atom. The zero-order chi connectivity index (χ0) is 25.2. The van der Waals surface area contributed by atoms with Gasteiger partial charge in [-0.2, -0.15) is 5.10 Å². The van der Waals surface area contributed by atoms with Crippen LogP contribution in [0.2, 0.25) is 10.0 Å². The standard InChI is InChI=1S/C28H25Cl2N5O/c1-16-10-25-21-13-28(3,9-8-23(21)33-35(25)14-17(16)2)32-27(36)20-6-5-19(12-22(20)30)34-15-31-24-7-4-18(29)11-26(24)34/h4-7,10-12,14-15H,8-9,13H2,1-3H3,(H,32,36). The molecule has 36 heavy (non-hydrogen) atoms. The first-order chi connectivity index (χ1) is 17.2. The Balaban J connectivity index is 1.27. The molecule has 8 heteroatoms. The lowest BCUT2D eigenvalue weighted by Crippen LogP contribution is -2.49. The van der Waals surface area contributed by atoms with Crippen LogP contribution in [0.15, 0.2) is 55.0 Å². The molecule has 0 saturated carbocycles. The normalized spacial score (nSPS) is 17.5. The number of aryl methyl sites for hydroxylation is 3. The number of amides is 1. The third-order valence-electron chi connectivity index (χ3n) is 7.30. The van der Waals surface area contributed by atoms with Gasteiger partial charge in [0.15, 0.2) is 0 Å². The zero-order valence-corrected chi connectivity index (χ0v) is 21.8. The molecule has 0 fully saturated rings. The first-order valence-electron chi connectivity index (χ1n) is 11.9. The molecule has 1 atom stereocenters. The fourth-order valence-electron chi connectivity index (χ4n) is 5.13. The SMILES string of the molecule is Cc1cc2c3c(nn2cc1C)CCC(C)(NC(=O)c1ccc(-n2cnc4ccc(Cl)cc42)cc1Cl)C3. The fraction of sp³-hybridized carbons (Fsp3) is 0.250. The first kappa shape index (κ1) is 23.1. The topological polar surface area (TPSA) is 64.2 Å². The molecule has 1 amide bonds. The van der Waals surface area contributed by atoms with Gasteiger partial charge in [0.25, 0.3) is 5.91 Å². The van der Waals surface area contributed by atoms with Crippen molar-refractivity contribution in [3.05, 3.63) is 93.0 Å². The van der Waals surface area contributed by atoms with Gasteiger partial charge in [-0.15, -0.1) is 0 Å². The van der Waals surface area contributed by atoms with Crippen molar-refractivity contribution in [2.75, 3.05) is 0 Å². The van der Waals surface area contributed by atoms with Gasteiger partial charge in [-0.25, -0.2) is 9.50 Å². The quantitative estimate of drug-likeness (QED) is 0.306. The van der Waals surface area contributed by atoms with Gasteiger partial charge in [0.2, 0.25) is 0 Å². The number of rotatable bonds is 3. The second kappa shape index (κ2) is 8.36. The number of hydrogen-bond acceptors (Lipinski definition) is 3. The molecule has 6 rings (SSSR count). The number of fused-ring (bicyclic) bond motifs is 4. The molecule has 1 N–H and O–H groups in total. The van der Waals surface area contributed by atoms with Crippen molar-refractivity contribution in [1.29, 1.82) is 0 Å². The summed E-state index contributed by atoms with van der Waals surface area (Å²) < 4.78 is 3.89. The number of imidazole rings is 1. The molecule has 3 aromatic heterocycles. The largest absolute Gasteiger partial charge is 0.346 e. The second-order valence-corrected chi connectivity index (χ2v) is 10.8. The number of aromatic nitrogens is 4. The molecule has 0 spiro atoms. The number of hydrogen-bond donors (Lipinski definition) is 1. The van der Waals surface area contributed by atoms with Crippen LogP contribution >= 0.6 is 23.2 Å². The summed E-state index contributed by atoms with van der Waals surface area (Å²) in [7, 11) is 0. The predicted octanol–water partition coefficient (Wildman–Crippen LogP) is 6.27. The average Bonchev–Trinajstić information content (AvgIpc) is 3.39. The Bertz CT molecular complexity index is 1680. The third kappa shape index (κ3) is 3.85. The minimum Gasteiger partial charge on any atom is -0.346 e. The van der Waals surface area contributed by atoms with Crippen molar-refractivity contribution < 1.29 is 4.79 Å². The van der Waals surface area contributed by atoms with Gasteiger partial charge in [0.05, 0.1) is 32.8 Å². The van der Waals surface area contributed by atoms with E-state index in [1.807, 2.05) is 33.3 Å². The summed E-state index contributed by atoms with van der Waals surface area (Å²) in [4.78, 5) is 17.8. The van der Waals surface area contributed by atoms with Crippen LogP contribution in [0.3, 0.4) is 0 Å². The number of nitrogens with one attached hydrogen (secondary N) is 1. The summed E-state index contributed by atoms with van der Waals surface area (Å²) in [6.45, 7) is 6.31. The van der Waals surface area contributed by atoms with Crippen LogP contribution in [-0.4, -0.2) is 30.6 Å². The summed E-state index contributed by atoms with van der Waals surface area (Å²) in [5.74, 6) is -0.181. The van der Waals surface area contributed by atoms with E-state index >= 15 is 0 Å². The van der Waals surface area contributed by atoms with Gasteiger partial charge in [0, 0.05) is 28.0 Å². The van der Waals surface area contributed by atoms with E-state index in [0.29, 0.717) is 15.6 Å². The lowest BCUT2D eigenvalue weighted by Gasteiger charge is -2.34. The van der Waals surface area contributed by atoms with Gasteiger partial charge < -0.3 is 5.32 Å². The lowest BCUT2D eigenvalue weighted by atomic mass is 9.81. The Morgan fingerprint density at radius 3 is 2.69 bits per heavy atom. The molecule has 0 saturated heterocycles. The van der Waals surface area contributed by atoms with Crippen molar-refractivity contribution in [2.24, 2.45) is 0 Å². The number of carbonyl (C=O) groups excluding carboxylic acids is 1. The smallest absolute Gasteiger partial charge is 0.253 e. The maximum absolute atomic E-state index is 13.4. The van der Waals surface area contributed by atoms with Crippen LogP contribution in [0, 0.1) is 13.8 Å². The maximum Gasteiger partial charge on any atom is 0.253 e. The highest BCUT2D eigenvalue weighted by Gasteiger charge is 2.34. The third-order valence-corrected chi connectivity index (χ3v) is 7.85. The number of halogens is 2. The maximum atomic E-state index is 13.4. The Labute approximate surface area is 218 Å². The Hall–Kier alpha value is -3.35. The molecule has 3 heterocycles. The molecule has 1 aliphatic rings. The van der Waals surface area contributed by atoms with Crippen LogP contribution < -0.4 is 5.32 Å². The van der Waals surface area contributed by atoms with E-state index in [-0.39, 0.29) is 5.91 Å². The van der Waals surface area contributed by atoms with Crippen molar-refractivity contribution in [2.45, 2.75) is 45.6 Å². The van der Waals surface area contributed by atoms with Gasteiger partial charge in [-0.05, 0) is 93.6 Å². The Kier molecular flexibility index (Phi) is 5.36. The van der Waals surface area contributed by atoms with E-state index in [0.717, 1.165) is 47.2 Å². The number of nitrogens with zero attached hydrogens (tertiary/aromatic N) is 4. The molecule has 6 nitrogen and oxygen atoms in total.